The van der Waals surface area contributed by atoms with Crippen molar-refractivity contribution in [1.82, 2.24) is 0 Å². The summed E-state index contributed by atoms with van der Waals surface area (Å²) in [6.07, 6.45) is 4.37. The van der Waals surface area contributed by atoms with Gasteiger partial charge in [-0.05, 0) is 78.9 Å². The van der Waals surface area contributed by atoms with Gasteiger partial charge in [-0.25, -0.2) is 9.18 Å². The van der Waals surface area contributed by atoms with Crippen LogP contribution in [0.2, 0.25) is 0 Å². The molecule has 1 aromatic rings. The Kier molecular flexibility index (Phi) is 6.46. The second-order valence-electron chi connectivity index (χ2n) is 8.05. The topological polar surface area (TPSA) is 37.3 Å². The minimum absolute atomic E-state index is 0.0130. The van der Waals surface area contributed by atoms with Crippen LogP contribution in [-0.2, 0) is 6.42 Å². The first kappa shape index (κ1) is 21.1. The van der Waals surface area contributed by atoms with Gasteiger partial charge in [0.25, 0.3) is 0 Å². The van der Waals surface area contributed by atoms with Crippen LogP contribution in [-0.4, -0.2) is 11.1 Å². The van der Waals surface area contributed by atoms with Gasteiger partial charge in [-0.2, -0.15) is 0 Å². The van der Waals surface area contributed by atoms with E-state index in [-0.39, 0.29) is 16.8 Å². The van der Waals surface area contributed by atoms with Crippen LogP contribution >= 0.6 is 0 Å². The number of hydrogen-bond acceptors (Lipinski definition) is 1. The van der Waals surface area contributed by atoms with Crippen molar-refractivity contribution in [1.29, 1.82) is 0 Å². The lowest BCUT2D eigenvalue weighted by Crippen LogP contribution is -2.22. The Bertz CT molecular complexity index is 825. The average Bonchev–Trinajstić information content (AvgIpc) is 2.60. The molecule has 0 amide bonds. The van der Waals surface area contributed by atoms with Crippen LogP contribution in [0.15, 0.2) is 47.1 Å². The molecule has 27 heavy (non-hydrogen) atoms. The number of carboxylic acid groups (broad SMARTS) is 1. The summed E-state index contributed by atoms with van der Waals surface area (Å²) in [6.45, 7) is 14.7. The summed E-state index contributed by atoms with van der Waals surface area (Å²) in [5, 5.41) is 9.21. The highest BCUT2D eigenvalue weighted by atomic mass is 19.1. The van der Waals surface area contributed by atoms with E-state index in [9.17, 15) is 9.90 Å². The fourth-order valence-corrected chi connectivity index (χ4v) is 4.34. The van der Waals surface area contributed by atoms with Crippen molar-refractivity contribution in [2.24, 2.45) is 5.41 Å². The van der Waals surface area contributed by atoms with Gasteiger partial charge >= 0.3 is 5.97 Å². The summed E-state index contributed by atoms with van der Waals surface area (Å²) < 4.78 is 15.6. The molecule has 0 bridgehead atoms. The van der Waals surface area contributed by atoms with Gasteiger partial charge in [0.05, 0.1) is 5.56 Å². The summed E-state index contributed by atoms with van der Waals surface area (Å²) in [5.41, 5.74) is 5.26. The van der Waals surface area contributed by atoms with Crippen LogP contribution in [0.4, 0.5) is 4.39 Å². The Morgan fingerprint density at radius 2 is 1.96 bits per heavy atom. The monoisotopic (exact) mass is 370 g/mol. The molecule has 1 aliphatic rings. The Morgan fingerprint density at radius 3 is 2.48 bits per heavy atom. The molecule has 0 aliphatic heterocycles. The molecular weight excluding hydrogens is 339 g/mol. The Hall–Kier alpha value is -2.16. The molecule has 0 fully saturated rings. The number of aryl methyl sites for hydroxylation is 1. The molecule has 0 atom stereocenters. The number of hydrogen-bond donors (Lipinski definition) is 1. The number of carboxylic acids is 1. The predicted octanol–water partition coefficient (Wildman–Crippen LogP) is 7.12. The van der Waals surface area contributed by atoms with E-state index >= 15 is 4.39 Å². The lowest BCUT2D eigenvalue weighted by molar-refractivity contribution is 0.0696. The highest BCUT2D eigenvalue weighted by molar-refractivity contribution is 5.88. The first-order chi connectivity index (χ1) is 12.6. The van der Waals surface area contributed by atoms with Gasteiger partial charge in [-0.15, -0.1) is 0 Å². The average molecular weight is 371 g/mol. The number of carbonyl (C=O) groups is 1. The molecule has 0 saturated carbocycles. The largest absolute Gasteiger partial charge is 0.478 e. The van der Waals surface area contributed by atoms with E-state index in [4.69, 9.17) is 0 Å². The number of halogens is 1. The zero-order valence-corrected chi connectivity index (χ0v) is 17.2. The summed E-state index contributed by atoms with van der Waals surface area (Å²) in [5.74, 6) is -1.27. The molecule has 1 N–H and O–H groups in total. The number of rotatable bonds is 6. The molecule has 0 aromatic heterocycles. The van der Waals surface area contributed by atoms with E-state index < -0.39 is 5.97 Å². The minimum atomic E-state index is -0.995. The molecule has 0 saturated heterocycles. The van der Waals surface area contributed by atoms with Crippen LogP contribution in [0, 0.1) is 5.41 Å². The van der Waals surface area contributed by atoms with Crippen molar-refractivity contribution in [3.63, 3.8) is 0 Å². The summed E-state index contributed by atoms with van der Waals surface area (Å²) >= 11 is 0. The number of allylic oxidation sites excluding steroid dienone is 4. The second kappa shape index (κ2) is 8.24. The zero-order chi connectivity index (χ0) is 20.4. The molecule has 146 valence electrons. The smallest absolute Gasteiger partial charge is 0.335 e. The van der Waals surface area contributed by atoms with E-state index in [1.54, 1.807) is 12.1 Å². The van der Waals surface area contributed by atoms with Crippen molar-refractivity contribution in [3.05, 3.63) is 63.8 Å². The van der Waals surface area contributed by atoms with Gasteiger partial charge in [-0.1, -0.05) is 45.9 Å². The van der Waals surface area contributed by atoms with E-state index in [2.05, 4.69) is 27.4 Å². The predicted molar refractivity (Wildman–Crippen MR) is 111 cm³/mol. The third kappa shape index (κ3) is 4.23. The molecule has 1 aliphatic carbocycles. The summed E-state index contributed by atoms with van der Waals surface area (Å²) in [4.78, 5) is 11.2. The molecular formula is C24H31FO2. The Labute approximate surface area is 162 Å². The second-order valence-corrected chi connectivity index (χ2v) is 8.05. The quantitative estimate of drug-likeness (QED) is 0.541. The van der Waals surface area contributed by atoms with Gasteiger partial charge in [0, 0.05) is 5.56 Å². The van der Waals surface area contributed by atoms with Gasteiger partial charge in [0.15, 0.2) is 0 Å². The highest BCUT2D eigenvalue weighted by Crippen LogP contribution is 2.46. The van der Waals surface area contributed by atoms with Crippen molar-refractivity contribution in [2.75, 3.05) is 0 Å². The zero-order valence-electron chi connectivity index (χ0n) is 17.2. The third-order valence-electron chi connectivity index (χ3n) is 5.71. The number of aromatic carboxylic acids is 1. The molecule has 0 unspecified atom stereocenters. The standard InChI is InChI=1S/C24H31FO2/c1-7-17-14-18(23(26)27)11-12-20(17)22(25)19(8-2)16(4)21-15(3)10-9-13-24(21,5)6/h11-12,14H,4,7-10,13H2,1-3,5-6H3,(H,26,27). The van der Waals surface area contributed by atoms with E-state index in [0.29, 0.717) is 29.5 Å². The van der Waals surface area contributed by atoms with Crippen molar-refractivity contribution < 1.29 is 14.3 Å². The van der Waals surface area contributed by atoms with Crippen molar-refractivity contribution in [3.8, 4) is 0 Å². The van der Waals surface area contributed by atoms with Crippen LogP contribution in [0.5, 0.6) is 0 Å². The van der Waals surface area contributed by atoms with Crippen molar-refractivity contribution in [2.45, 2.75) is 66.7 Å². The fraction of sp³-hybridized carbons (Fsp3) is 0.458. The van der Waals surface area contributed by atoms with E-state index in [1.807, 2.05) is 13.8 Å². The SMILES string of the molecule is C=C(C(CC)=C(F)c1ccc(C(=O)O)cc1CC)C1=C(C)CCCC1(C)C. The van der Waals surface area contributed by atoms with Crippen molar-refractivity contribution >= 4 is 11.8 Å². The molecule has 0 spiro atoms. The Balaban J connectivity index is 2.59. The van der Waals surface area contributed by atoms with Crippen LogP contribution in [0.3, 0.4) is 0 Å². The van der Waals surface area contributed by atoms with Gasteiger partial charge in [0.1, 0.15) is 5.83 Å². The number of benzene rings is 1. The first-order valence-corrected chi connectivity index (χ1v) is 9.79. The van der Waals surface area contributed by atoms with Gasteiger partial charge < -0.3 is 5.11 Å². The lowest BCUT2D eigenvalue weighted by Gasteiger charge is -2.36. The van der Waals surface area contributed by atoms with Crippen LogP contribution < -0.4 is 0 Å². The normalized spacial score (nSPS) is 17.6. The maximum Gasteiger partial charge on any atom is 0.335 e. The summed E-state index contributed by atoms with van der Waals surface area (Å²) in [7, 11) is 0. The van der Waals surface area contributed by atoms with Crippen LogP contribution in [0.25, 0.3) is 5.83 Å². The van der Waals surface area contributed by atoms with E-state index in [0.717, 1.165) is 24.8 Å². The maximum atomic E-state index is 15.6. The molecule has 2 rings (SSSR count). The van der Waals surface area contributed by atoms with Gasteiger partial charge in [0.2, 0.25) is 0 Å². The lowest BCUT2D eigenvalue weighted by atomic mass is 9.68. The maximum absolute atomic E-state index is 15.6. The first-order valence-electron chi connectivity index (χ1n) is 9.79. The molecule has 3 heteroatoms. The molecule has 0 heterocycles. The molecule has 0 radical (unpaired) electrons. The minimum Gasteiger partial charge on any atom is -0.478 e. The Morgan fingerprint density at radius 1 is 1.30 bits per heavy atom. The van der Waals surface area contributed by atoms with E-state index in [1.165, 1.54) is 17.2 Å². The fourth-order valence-electron chi connectivity index (χ4n) is 4.34. The third-order valence-corrected chi connectivity index (χ3v) is 5.71. The molecule has 2 nitrogen and oxygen atoms in total. The molecule has 1 aromatic carbocycles. The van der Waals surface area contributed by atoms with Crippen LogP contribution in [0.1, 0.15) is 81.8 Å². The van der Waals surface area contributed by atoms with Gasteiger partial charge in [-0.3, -0.25) is 0 Å². The highest BCUT2D eigenvalue weighted by Gasteiger charge is 2.31. The summed E-state index contributed by atoms with van der Waals surface area (Å²) in [6, 6.07) is 4.64.